The molecule has 0 spiro atoms. The van der Waals surface area contributed by atoms with E-state index < -0.39 is 0 Å². The lowest BCUT2D eigenvalue weighted by Gasteiger charge is -2.02. The maximum absolute atomic E-state index is 7.33. The molecule has 1 heterocycles. The largest absolute Gasteiger partial charge is 0.372 e. The van der Waals surface area contributed by atoms with Crippen LogP contribution in [0.2, 0.25) is 0 Å². The fraction of sp³-hybridized carbons (Fsp3) is 0.300. The van der Waals surface area contributed by atoms with Gasteiger partial charge in [0.1, 0.15) is 5.84 Å². The van der Waals surface area contributed by atoms with Gasteiger partial charge in [0.05, 0.1) is 12.2 Å². The second kappa shape index (κ2) is 3.47. The monoisotopic (exact) mass is 174 g/mol. The number of hydrogen-bond acceptors (Lipinski definition) is 2. The number of benzene rings is 1. The molecule has 0 bridgehead atoms. The number of nitrogens with one attached hydrogen (secondary N) is 2. The van der Waals surface area contributed by atoms with E-state index in [2.05, 4.69) is 10.3 Å². The average molecular weight is 174 g/mol. The number of hydrogen-bond donors (Lipinski definition) is 1. The van der Waals surface area contributed by atoms with E-state index >= 15 is 0 Å². The first-order valence-electron chi connectivity index (χ1n) is 4.42. The summed E-state index contributed by atoms with van der Waals surface area (Å²) in [4.78, 5) is 4.31. The molecule has 0 atom stereocenters. The fourth-order valence-electron chi connectivity index (χ4n) is 1.38. The van der Waals surface area contributed by atoms with Crippen molar-refractivity contribution >= 4 is 11.5 Å². The van der Waals surface area contributed by atoms with Gasteiger partial charge in [-0.05, 0) is 17.7 Å². The molecule has 0 saturated heterocycles. The van der Waals surface area contributed by atoms with Crippen molar-refractivity contribution in [2.45, 2.75) is 6.42 Å². The van der Waals surface area contributed by atoms with Gasteiger partial charge < -0.3 is 11.1 Å². The summed E-state index contributed by atoms with van der Waals surface area (Å²) in [6, 6.07) is 7.57. The van der Waals surface area contributed by atoms with E-state index in [0.717, 1.165) is 25.3 Å². The van der Waals surface area contributed by atoms with Crippen LogP contribution in [0.1, 0.15) is 5.56 Å². The Balaban J connectivity index is 2.05. The van der Waals surface area contributed by atoms with Gasteiger partial charge in [-0.25, -0.2) is 0 Å². The standard InChI is InChI=1S/C10H12N3/c11-9-3-1-8(2-4-9)7-10-12-5-6-13-10/h1-4,11H,5-7H2,(H,12,13). The highest BCUT2D eigenvalue weighted by Gasteiger charge is 2.04. The summed E-state index contributed by atoms with van der Waals surface area (Å²) in [5.41, 5.74) is 9.10. The predicted molar refractivity (Wildman–Crippen MR) is 53.2 cm³/mol. The van der Waals surface area contributed by atoms with E-state index in [1.54, 1.807) is 0 Å². The second-order valence-electron chi connectivity index (χ2n) is 3.13. The molecule has 0 aliphatic carbocycles. The lowest BCUT2D eigenvalue weighted by Crippen LogP contribution is -2.20. The maximum atomic E-state index is 7.33. The fourth-order valence-corrected chi connectivity index (χ4v) is 1.38. The Hall–Kier alpha value is -1.51. The van der Waals surface area contributed by atoms with Crippen LogP contribution in [0.4, 0.5) is 5.69 Å². The minimum Gasteiger partial charge on any atom is -0.372 e. The van der Waals surface area contributed by atoms with Crippen LogP contribution in [0.3, 0.4) is 0 Å². The van der Waals surface area contributed by atoms with Gasteiger partial charge in [-0.2, -0.15) is 0 Å². The minimum absolute atomic E-state index is 0.560. The molecule has 67 valence electrons. The third kappa shape index (κ3) is 1.99. The van der Waals surface area contributed by atoms with Gasteiger partial charge in [0, 0.05) is 13.0 Å². The zero-order valence-electron chi connectivity index (χ0n) is 7.38. The highest BCUT2D eigenvalue weighted by molar-refractivity contribution is 5.85. The second-order valence-corrected chi connectivity index (χ2v) is 3.13. The Labute approximate surface area is 77.7 Å². The lowest BCUT2D eigenvalue weighted by atomic mass is 10.1. The van der Waals surface area contributed by atoms with Crippen LogP contribution in [-0.4, -0.2) is 18.9 Å². The van der Waals surface area contributed by atoms with E-state index in [1.807, 2.05) is 24.3 Å². The molecule has 0 unspecified atom stereocenters. The number of rotatable bonds is 2. The quantitative estimate of drug-likeness (QED) is 0.718. The zero-order chi connectivity index (χ0) is 9.10. The van der Waals surface area contributed by atoms with Gasteiger partial charge in [0.15, 0.2) is 0 Å². The number of aliphatic imine (C=N–C) groups is 1. The highest BCUT2D eigenvalue weighted by atomic mass is 15.1. The van der Waals surface area contributed by atoms with Crippen molar-refractivity contribution in [3.05, 3.63) is 29.8 Å². The highest BCUT2D eigenvalue weighted by Crippen LogP contribution is 2.08. The van der Waals surface area contributed by atoms with E-state index in [4.69, 9.17) is 5.73 Å². The molecule has 3 heteroatoms. The van der Waals surface area contributed by atoms with E-state index in [0.29, 0.717) is 5.69 Å². The maximum Gasteiger partial charge on any atom is 0.101 e. The molecule has 1 radical (unpaired) electrons. The molecule has 0 fully saturated rings. The van der Waals surface area contributed by atoms with E-state index in [9.17, 15) is 0 Å². The molecule has 0 saturated carbocycles. The van der Waals surface area contributed by atoms with Gasteiger partial charge in [-0.1, -0.05) is 12.1 Å². The molecule has 2 N–H and O–H groups in total. The van der Waals surface area contributed by atoms with Crippen molar-refractivity contribution in [1.82, 2.24) is 11.1 Å². The summed E-state index contributed by atoms with van der Waals surface area (Å²) in [6.45, 7) is 1.86. The third-order valence-corrected chi connectivity index (χ3v) is 2.07. The Kier molecular flexibility index (Phi) is 2.17. The molecule has 1 aliphatic heterocycles. The topological polar surface area (TPSA) is 48.2 Å². The normalized spacial score (nSPS) is 15.2. The number of amidine groups is 1. The third-order valence-electron chi connectivity index (χ3n) is 2.07. The van der Waals surface area contributed by atoms with Crippen molar-refractivity contribution in [3.63, 3.8) is 0 Å². The Morgan fingerprint density at radius 3 is 2.69 bits per heavy atom. The minimum atomic E-state index is 0.560. The molecule has 1 aromatic carbocycles. The van der Waals surface area contributed by atoms with Gasteiger partial charge >= 0.3 is 0 Å². The van der Waals surface area contributed by atoms with Gasteiger partial charge in [0.2, 0.25) is 0 Å². The van der Waals surface area contributed by atoms with Crippen LogP contribution in [0.15, 0.2) is 29.3 Å². The summed E-state index contributed by atoms with van der Waals surface area (Å²) < 4.78 is 0. The van der Waals surface area contributed by atoms with Crippen LogP contribution in [-0.2, 0) is 6.42 Å². The van der Waals surface area contributed by atoms with E-state index in [-0.39, 0.29) is 0 Å². The van der Waals surface area contributed by atoms with Gasteiger partial charge in [0.25, 0.3) is 0 Å². The molecule has 13 heavy (non-hydrogen) atoms. The smallest absolute Gasteiger partial charge is 0.101 e. The molecular weight excluding hydrogens is 162 g/mol. The van der Waals surface area contributed by atoms with Crippen molar-refractivity contribution < 1.29 is 0 Å². The van der Waals surface area contributed by atoms with Crippen molar-refractivity contribution in [2.24, 2.45) is 4.99 Å². The average Bonchev–Trinajstić information content (AvgIpc) is 2.62. The first-order valence-corrected chi connectivity index (χ1v) is 4.42. The molecule has 1 aromatic rings. The predicted octanol–water partition coefficient (Wildman–Crippen LogP) is 1.15. The molecule has 0 aromatic heterocycles. The number of nitrogens with zero attached hydrogens (tertiary/aromatic N) is 1. The Morgan fingerprint density at radius 1 is 1.31 bits per heavy atom. The van der Waals surface area contributed by atoms with Crippen molar-refractivity contribution in [2.75, 3.05) is 13.1 Å². The summed E-state index contributed by atoms with van der Waals surface area (Å²) in [7, 11) is 0. The van der Waals surface area contributed by atoms with Crippen LogP contribution >= 0.6 is 0 Å². The molecule has 3 nitrogen and oxygen atoms in total. The molecular formula is C10H12N3. The first kappa shape index (κ1) is 8.10. The Bertz CT molecular complexity index is 313. The van der Waals surface area contributed by atoms with Crippen LogP contribution < -0.4 is 11.1 Å². The summed E-state index contributed by atoms with van der Waals surface area (Å²) in [5, 5.41) is 3.22. The summed E-state index contributed by atoms with van der Waals surface area (Å²) in [6.07, 6.45) is 0.861. The SMILES string of the molecule is [NH]c1ccc(CC2=NCCN2)cc1. The van der Waals surface area contributed by atoms with Crippen LogP contribution in [0.5, 0.6) is 0 Å². The van der Waals surface area contributed by atoms with Gasteiger partial charge in [-0.3, -0.25) is 4.99 Å². The Morgan fingerprint density at radius 2 is 2.08 bits per heavy atom. The first-order chi connectivity index (χ1) is 6.34. The van der Waals surface area contributed by atoms with Crippen LogP contribution in [0, 0.1) is 0 Å². The van der Waals surface area contributed by atoms with Crippen LogP contribution in [0.25, 0.3) is 0 Å². The molecule has 0 amide bonds. The zero-order valence-corrected chi connectivity index (χ0v) is 7.38. The lowest BCUT2D eigenvalue weighted by molar-refractivity contribution is 0.953. The summed E-state index contributed by atoms with van der Waals surface area (Å²) >= 11 is 0. The van der Waals surface area contributed by atoms with Gasteiger partial charge in [-0.15, -0.1) is 0 Å². The van der Waals surface area contributed by atoms with Crippen molar-refractivity contribution in [1.29, 1.82) is 0 Å². The summed E-state index contributed by atoms with van der Waals surface area (Å²) in [5.74, 6) is 1.07. The molecule has 1 aliphatic rings. The van der Waals surface area contributed by atoms with Crippen molar-refractivity contribution in [3.8, 4) is 0 Å². The molecule has 2 rings (SSSR count). The van der Waals surface area contributed by atoms with E-state index in [1.165, 1.54) is 5.56 Å².